The second-order valence-electron chi connectivity index (χ2n) is 6.44. The van der Waals surface area contributed by atoms with Crippen molar-refractivity contribution in [1.29, 1.82) is 0 Å². The van der Waals surface area contributed by atoms with Crippen LogP contribution in [0.2, 0.25) is 0 Å². The normalized spacial score (nSPS) is 20.3. The standard InChI is InChI=1S/C19H23FN2O2/c1-4-22-12-14-8-10-19(18(23)24-3,11-9-17(14)21-22)15-6-5-7-16(20)13(15)2/h5-7,12H,4,8-11H2,1-3H3. The Hall–Kier alpha value is -2.17. The first-order chi connectivity index (χ1) is 11.5. The fourth-order valence-corrected chi connectivity index (χ4v) is 3.79. The number of aromatic nitrogens is 2. The molecule has 0 saturated carbocycles. The maximum Gasteiger partial charge on any atom is 0.316 e. The quantitative estimate of drug-likeness (QED) is 0.640. The van der Waals surface area contributed by atoms with Crippen LogP contribution in [0.4, 0.5) is 4.39 Å². The monoisotopic (exact) mass is 330 g/mol. The first-order valence-corrected chi connectivity index (χ1v) is 8.41. The Bertz CT molecular complexity index is 741. The SMILES string of the molecule is CCn1cc2c(n1)CCC(C(=O)OC)(c1cccc(F)c1C)CC2. The highest BCUT2D eigenvalue weighted by Gasteiger charge is 2.44. The van der Waals surface area contributed by atoms with E-state index in [1.807, 2.05) is 10.7 Å². The lowest BCUT2D eigenvalue weighted by molar-refractivity contribution is -0.148. The summed E-state index contributed by atoms with van der Waals surface area (Å²) in [6.45, 7) is 4.62. The molecule has 0 amide bonds. The molecule has 0 fully saturated rings. The van der Waals surface area contributed by atoms with E-state index in [1.54, 1.807) is 13.0 Å². The smallest absolute Gasteiger partial charge is 0.316 e. The number of methoxy groups -OCH3 is 1. The molecule has 1 heterocycles. The Balaban J connectivity index is 2.04. The molecule has 0 aliphatic heterocycles. The molecule has 0 bridgehead atoms. The molecule has 128 valence electrons. The van der Waals surface area contributed by atoms with Gasteiger partial charge in [-0.2, -0.15) is 5.10 Å². The summed E-state index contributed by atoms with van der Waals surface area (Å²) in [5, 5.41) is 4.60. The molecule has 0 radical (unpaired) electrons. The van der Waals surface area contributed by atoms with Gasteiger partial charge in [-0.15, -0.1) is 0 Å². The molecule has 3 rings (SSSR count). The zero-order valence-corrected chi connectivity index (χ0v) is 14.4. The van der Waals surface area contributed by atoms with Gasteiger partial charge in [-0.05, 0) is 62.3 Å². The molecule has 1 atom stereocenters. The van der Waals surface area contributed by atoms with Crippen LogP contribution < -0.4 is 0 Å². The topological polar surface area (TPSA) is 44.1 Å². The molecule has 0 saturated heterocycles. The van der Waals surface area contributed by atoms with Crippen LogP contribution in [-0.2, 0) is 34.3 Å². The molecule has 4 nitrogen and oxygen atoms in total. The van der Waals surface area contributed by atoms with E-state index in [4.69, 9.17) is 4.74 Å². The molecule has 0 spiro atoms. The number of fused-ring (bicyclic) bond motifs is 1. The van der Waals surface area contributed by atoms with Gasteiger partial charge in [0.2, 0.25) is 0 Å². The number of carbonyl (C=O) groups excluding carboxylic acids is 1. The molecule has 1 aromatic heterocycles. The highest BCUT2D eigenvalue weighted by molar-refractivity contribution is 5.84. The number of aryl methyl sites for hydroxylation is 3. The largest absolute Gasteiger partial charge is 0.468 e. The number of carbonyl (C=O) groups is 1. The van der Waals surface area contributed by atoms with Gasteiger partial charge in [0.1, 0.15) is 5.82 Å². The summed E-state index contributed by atoms with van der Waals surface area (Å²) in [5.74, 6) is -0.571. The van der Waals surface area contributed by atoms with Crippen LogP contribution in [0.5, 0.6) is 0 Å². The number of hydrogen-bond acceptors (Lipinski definition) is 3. The fourth-order valence-electron chi connectivity index (χ4n) is 3.79. The zero-order valence-electron chi connectivity index (χ0n) is 14.4. The first-order valence-electron chi connectivity index (χ1n) is 8.41. The zero-order chi connectivity index (χ0) is 17.3. The summed E-state index contributed by atoms with van der Waals surface area (Å²) in [5.41, 5.74) is 2.67. The predicted octanol–water partition coefficient (Wildman–Crippen LogP) is 3.34. The number of esters is 1. The fraction of sp³-hybridized carbons (Fsp3) is 0.474. The van der Waals surface area contributed by atoms with Gasteiger partial charge in [-0.3, -0.25) is 9.48 Å². The molecule has 2 aromatic rings. The minimum Gasteiger partial charge on any atom is -0.468 e. The van der Waals surface area contributed by atoms with Gasteiger partial charge in [-0.25, -0.2) is 4.39 Å². The van der Waals surface area contributed by atoms with Gasteiger partial charge in [0, 0.05) is 12.7 Å². The number of nitrogens with zero attached hydrogens (tertiary/aromatic N) is 2. The van der Waals surface area contributed by atoms with Crippen molar-refractivity contribution in [3.63, 3.8) is 0 Å². The van der Waals surface area contributed by atoms with Crippen molar-refractivity contribution < 1.29 is 13.9 Å². The third kappa shape index (κ3) is 2.62. The van der Waals surface area contributed by atoms with Crippen molar-refractivity contribution in [3.05, 3.63) is 52.6 Å². The van der Waals surface area contributed by atoms with Crippen LogP contribution in [0.3, 0.4) is 0 Å². The number of benzene rings is 1. The number of halogens is 1. The molecular weight excluding hydrogens is 307 g/mol. The van der Waals surface area contributed by atoms with Crippen LogP contribution in [0, 0.1) is 12.7 Å². The predicted molar refractivity (Wildman–Crippen MR) is 89.4 cm³/mol. The van der Waals surface area contributed by atoms with Gasteiger partial charge in [0.05, 0.1) is 18.2 Å². The molecular formula is C19H23FN2O2. The maximum absolute atomic E-state index is 14.1. The molecule has 24 heavy (non-hydrogen) atoms. The van der Waals surface area contributed by atoms with Crippen LogP contribution in [-0.4, -0.2) is 22.9 Å². The number of ether oxygens (including phenoxy) is 1. The number of hydrogen-bond donors (Lipinski definition) is 0. The van der Waals surface area contributed by atoms with Crippen molar-refractivity contribution in [3.8, 4) is 0 Å². The van der Waals surface area contributed by atoms with Crippen LogP contribution in [0.1, 0.15) is 42.1 Å². The summed E-state index contributed by atoms with van der Waals surface area (Å²) < 4.78 is 21.2. The Morgan fingerprint density at radius 2 is 2.12 bits per heavy atom. The van der Waals surface area contributed by atoms with Crippen molar-refractivity contribution >= 4 is 5.97 Å². The van der Waals surface area contributed by atoms with Crippen molar-refractivity contribution in [2.75, 3.05) is 7.11 Å². The molecule has 1 unspecified atom stereocenters. The highest BCUT2D eigenvalue weighted by atomic mass is 19.1. The van der Waals surface area contributed by atoms with E-state index in [1.165, 1.54) is 18.7 Å². The Labute approximate surface area is 141 Å². The summed E-state index contributed by atoms with van der Waals surface area (Å²) in [7, 11) is 1.40. The van der Waals surface area contributed by atoms with E-state index in [-0.39, 0.29) is 11.8 Å². The van der Waals surface area contributed by atoms with E-state index < -0.39 is 5.41 Å². The summed E-state index contributed by atoms with van der Waals surface area (Å²) >= 11 is 0. The van der Waals surface area contributed by atoms with Crippen molar-refractivity contribution in [1.82, 2.24) is 9.78 Å². The molecule has 1 aliphatic carbocycles. The second kappa shape index (κ2) is 6.38. The summed E-state index contributed by atoms with van der Waals surface area (Å²) in [4.78, 5) is 12.7. The van der Waals surface area contributed by atoms with E-state index >= 15 is 0 Å². The van der Waals surface area contributed by atoms with Gasteiger partial charge in [-0.1, -0.05) is 12.1 Å². The lowest BCUT2D eigenvalue weighted by Crippen LogP contribution is -2.38. The van der Waals surface area contributed by atoms with Gasteiger partial charge >= 0.3 is 5.97 Å². The minimum atomic E-state index is -0.814. The van der Waals surface area contributed by atoms with E-state index in [0.717, 1.165) is 24.2 Å². The minimum absolute atomic E-state index is 0.283. The van der Waals surface area contributed by atoms with Crippen LogP contribution in [0.25, 0.3) is 0 Å². The summed E-state index contributed by atoms with van der Waals surface area (Å²) in [6, 6.07) is 4.95. The highest BCUT2D eigenvalue weighted by Crippen LogP contribution is 2.40. The van der Waals surface area contributed by atoms with E-state index in [2.05, 4.69) is 18.2 Å². The molecule has 0 N–H and O–H groups in total. The van der Waals surface area contributed by atoms with Crippen LogP contribution >= 0.6 is 0 Å². The molecule has 5 heteroatoms. The van der Waals surface area contributed by atoms with E-state index in [9.17, 15) is 9.18 Å². The second-order valence-corrected chi connectivity index (χ2v) is 6.44. The van der Waals surface area contributed by atoms with Crippen molar-refractivity contribution in [2.24, 2.45) is 0 Å². The third-order valence-electron chi connectivity index (χ3n) is 5.22. The molecule has 1 aromatic carbocycles. The Morgan fingerprint density at radius 3 is 2.83 bits per heavy atom. The summed E-state index contributed by atoms with van der Waals surface area (Å²) in [6.07, 6.45) is 4.67. The van der Waals surface area contributed by atoms with E-state index in [0.29, 0.717) is 24.8 Å². The third-order valence-corrected chi connectivity index (χ3v) is 5.22. The Kier molecular flexibility index (Phi) is 4.43. The van der Waals surface area contributed by atoms with Gasteiger partial charge in [0.25, 0.3) is 0 Å². The maximum atomic E-state index is 14.1. The lowest BCUT2D eigenvalue weighted by atomic mass is 9.72. The average molecular weight is 330 g/mol. The van der Waals surface area contributed by atoms with Crippen LogP contribution in [0.15, 0.2) is 24.4 Å². The Morgan fingerprint density at radius 1 is 1.38 bits per heavy atom. The first kappa shape index (κ1) is 16.7. The van der Waals surface area contributed by atoms with Gasteiger partial charge in [0.15, 0.2) is 0 Å². The van der Waals surface area contributed by atoms with Crippen molar-refractivity contribution in [2.45, 2.75) is 51.5 Å². The lowest BCUT2D eigenvalue weighted by Gasteiger charge is -2.31. The number of rotatable bonds is 3. The average Bonchev–Trinajstić information content (AvgIpc) is 2.91. The molecule has 1 aliphatic rings. The van der Waals surface area contributed by atoms with Gasteiger partial charge < -0.3 is 4.74 Å².